The Morgan fingerprint density at radius 2 is 1.95 bits per heavy atom. The highest BCUT2D eigenvalue weighted by atomic mass is 35.5. The fraction of sp³-hybridized carbons (Fsp3) is 0.250. The molecule has 0 aliphatic carbocycles. The summed E-state index contributed by atoms with van der Waals surface area (Å²) < 4.78 is 1.74. The zero-order valence-electron chi connectivity index (χ0n) is 10.9. The molecule has 2 rings (SSSR count). The molecule has 0 spiro atoms. The molecule has 0 atom stereocenters. The molecule has 1 aromatic carbocycles. The zero-order chi connectivity index (χ0) is 12.8. The van der Waals surface area contributed by atoms with Crippen LogP contribution in [0.1, 0.15) is 5.56 Å². The lowest BCUT2D eigenvalue weighted by Gasteiger charge is -2.06. The highest BCUT2D eigenvalue weighted by Crippen LogP contribution is 2.10. The van der Waals surface area contributed by atoms with Gasteiger partial charge in [-0.1, -0.05) is 12.1 Å². The first-order valence-corrected chi connectivity index (χ1v) is 5.64. The van der Waals surface area contributed by atoms with Gasteiger partial charge < -0.3 is 10.6 Å². The third kappa shape index (κ3) is 5.56. The van der Waals surface area contributed by atoms with Crippen LogP contribution >= 0.6 is 24.8 Å². The number of rotatable bonds is 5. The van der Waals surface area contributed by atoms with E-state index in [1.165, 1.54) is 6.33 Å². The van der Waals surface area contributed by atoms with E-state index in [4.69, 9.17) is 0 Å². The largest absolute Gasteiger partial charge is 0.325 e. The van der Waals surface area contributed by atoms with Crippen molar-refractivity contribution in [3.8, 4) is 0 Å². The topological polar surface area (TPSA) is 71.8 Å². The number of hydrogen-bond donors (Lipinski definition) is 2. The van der Waals surface area contributed by atoms with Crippen molar-refractivity contribution < 1.29 is 4.79 Å². The maximum absolute atomic E-state index is 11.4. The number of amides is 1. The molecule has 20 heavy (non-hydrogen) atoms. The van der Waals surface area contributed by atoms with Crippen molar-refractivity contribution in [1.29, 1.82) is 0 Å². The summed E-state index contributed by atoms with van der Waals surface area (Å²) in [6.07, 6.45) is 3.18. The SMILES string of the molecule is CNCC(=O)Nc1ccc(Cn2cncn2)cc1.Cl.Cl. The van der Waals surface area contributed by atoms with Crippen molar-refractivity contribution in [3.63, 3.8) is 0 Å². The van der Waals surface area contributed by atoms with Crippen molar-refractivity contribution >= 4 is 36.4 Å². The number of halogens is 2. The van der Waals surface area contributed by atoms with Crippen LogP contribution in [0.4, 0.5) is 5.69 Å². The summed E-state index contributed by atoms with van der Waals surface area (Å²) in [6, 6.07) is 7.66. The van der Waals surface area contributed by atoms with Crippen molar-refractivity contribution in [1.82, 2.24) is 20.1 Å². The monoisotopic (exact) mass is 317 g/mol. The van der Waals surface area contributed by atoms with E-state index in [0.717, 1.165) is 11.3 Å². The summed E-state index contributed by atoms with van der Waals surface area (Å²) in [4.78, 5) is 15.2. The molecule has 2 aromatic rings. The second-order valence-corrected chi connectivity index (χ2v) is 3.87. The number of anilines is 1. The van der Waals surface area contributed by atoms with Crippen LogP contribution in [0.2, 0.25) is 0 Å². The Hall–Kier alpha value is -1.63. The summed E-state index contributed by atoms with van der Waals surface area (Å²) in [6.45, 7) is 0.978. The molecule has 0 aliphatic rings. The van der Waals surface area contributed by atoms with E-state index in [9.17, 15) is 4.79 Å². The molecule has 0 saturated carbocycles. The van der Waals surface area contributed by atoms with E-state index >= 15 is 0 Å². The first-order chi connectivity index (χ1) is 8.78. The van der Waals surface area contributed by atoms with Gasteiger partial charge in [-0.2, -0.15) is 5.10 Å². The van der Waals surface area contributed by atoms with Gasteiger partial charge in [0.05, 0.1) is 13.1 Å². The molecule has 8 heteroatoms. The van der Waals surface area contributed by atoms with Gasteiger partial charge in [0.15, 0.2) is 0 Å². The van der Waals surface area contributed by atoms with Crippen molar-refractivity contribution in [2.24, 2.45) is 0 Å². The van der Waals surface area contributed by atoms with Crippen LogP contribution < -0.4 is 10.6 Å². The molecule has 2 N–H and O–H groups in total. The molecule has 1 amide bonds. The van der Waals surface area contributed by atoms with E-state index in [-0.39, 0.29) is 30.7 Å². The average molecular weight is 318 g/mol. The van der Waals surface area contributed by atoms with Crippen LogP contribution in [0, 0.1) is 0 Å². The van der Waals surface area contributed by atoms with Crippen LogP contribution in [0.15, 0.2) is 36.9 Å². The number of nitrogens with zero attached hydrogens (tertiary/aromatic N) is 3. The first kappa shape index (κ1) is 18.4. The molecule has 0 radical (unpaired) electrons. The molecular formula is C12H17Cl2N5O. The van der Waals surface area contributed by atoms with Gasteiger partial charge in [-0.3, -0.25) is 4.79 Å². The highest BCUT2D eigenvalue weighted by Gasteiger charge is 2.01. The average Bonchev–Trinajstić information content (AvgIpc) is 2.85. The minimum Gasteiger partial charge on any atom is -0.325 e. The Kier molecular flexibility index (Phi) is 8.54. The predicted molar refractivity (Wildman–Crippen MR) is 82.6 cm³/mol. The van der Waals surface area contributed by atoms with Crippen LogP contribution in [-0.2, 0) is 11.3 Å². The second-order valence-electron chi connectivity index (χ2n) is 3.87. The van der Waals surface area contributed by atoms with Gasteiger partial charge in [0.1, 0.15) is 12.7 Å². The van der Waals surface area contributed by atoms with Gasteiger partial charge in [0.2, 0.25) is 5.91 Å². The fourth-order valence-electron chi connectivity index (χ4n) is 1.56. The van der Waals surface area contributed by atoms with Crippen molar-refractivity contribution in [2.75, 3.05) is 18.9 Å². The van der Waals surface area contributed by atoms with Crippen molar-refractivity contribution in [3.05, 3.63) is 42.5 Å². The van der Waals surface area contributed by atoms with Gasteiger partial charge in [-0.25, -0.2) is 9.67 Å². The van der Waals surface area contributed by atoms with Gasteiger partial charge in [0.25, 0.3) is 0 Å². The van der Waals surface area contributed by atoms with E-state index in [1.807, 2.05) is 24.3 Å². The Morgan fingerprint density at radius 3 is 2.50 bits per heavy atom. The van der Waals surface area contributed by atoms with Crippen LogP contribution in [0.3, 0.4) is 0 Å². The number of aromatic nitrogens is 3. The third-order valence-electron chi connectivity index (χ3n) is 2.39. The summed E-state index contributed by atoms with van der Waals surface area (Å²) in [5, 5.41) is 9.63. The number of carbonyl (C=O) groups is 1. The minimum absolute atomic E-state index is 0. The van der Waals surface area contributed by atoms with Crippen LogP contribution in [0.5, 0.6) is 0 Å². The quantitative estimate of drug-likeness (QED) is 0.872. The van der Waals surface area contributed by atoms with Crippen molar-refractivity contribution in [2.45, 2.75) is 6.54 Å². The number of likely N-dealkylation sites (N-methyl/N-ethyl adjacent to an activating group) is 1. The first-order valence-electron chi connectivity index (χ1n) is 5.64. The molecular weight excluding hydrogens is 301 g/mol. The fourth-order valence-corrected chi connectivity index (χ4v) is 1.56. The Bertz CT molecular complexity index is 501. The lowest BCUT2D eigenvalue weighted by molar-refractivity contribution is -0.115. The second kappa shape index (κ2) is 9.30. The Balaban J connectivity index is 0.00000180. The molecule has 1 heterocycles. The van der Waals surface area contributed by atoms with Crippen LogP contribution in [0.25, 0.3) is 0 Å². The van der Waals surface area contributed by atoms with Crippen LogP contribution in [-0.4, -0.2) is 34.3 Å². The van der Waals surface area contributed by atoms with Gasteiger partial charge in [0, 0.05) is 5.69 Å². The summed E-state index contributed by atoms with van der Waals surface area (Å²) in [5.41, 5.74) is 1.89. The zero-order valence-corrected chi connectivity index (χ0v) is 12.6. The normalized spacial score (nSPS) is 9.25. The molecule has 0 saturated heterocycles. The Labute approximate surface area is 129 Å². The number of nitrogens with one attached hydrogen (secondary N) is 2. The number of hydrogen-bond acceptors (Lipinski definition) is 4. The van der Waals surface area contributed by atoms with E-state index in [1.54, 1.807) is 18.1 Å². The highest BCUT2D eigenvalue weighted by molar-refractivity contribution is 5.92. The number of benzene rings is 1. The predicted octanol–water partition coefficient (Wildman–Crippen LogP) is 1.33. The minimum atomic E-state index is -0.0541. The Morgan fingerprint density at radius 1 is 1.25 bits per heavy atom. The van der Waals surface area contributed by atoms with E-state index < -0.39 is 0 Å². The maximum Gasteiger partial charge on any atom is 0.238 e. The molecule has 110 valence electrons. The summed E-state index contributed by atoms with van der Waals surface area (Å²) >= 11 is 0. The lowest BCUT2D eigenvalue weighted by Crippen LogP contribution is -2.24. The molecule has 6 nitrogen and oxygen atoms in total. The lowest BCUT2D eigenvalue weighted by atomic mass is 10.2. The molecule has 1 aromatic heterocycles. The number of carbonyl (C=O) groups excluding carboxylic acids is 1. The van der Waals surface area contributed by atoms with Gasteiger partial charge in [-0.05, 0) is 24.7 Å². The van der Waals surface area contributed by atoms with Gasteiger partial charge >= 0.3 is 0 Å². The summed E-state index contributed by atoms with van der Waals surface area (Å²) in [5.74, 6) is -0.0541. The molecule has 0 aliphatic heterocycles. The molecule has 0 bridgehead atoms. The molecule has 0 fully saturated rings. The molecule has 0 unspecified atom stereocenters. The smallest absolute Gasteiger partial charge is 0.238 e. The van der Waals surface area contributed by atoms with Gasteiger partial charge in [-0.15, -0.1) is 24.8 Å². The standard InChI is InChI=1S/C12H15N5O.2ClH/c1-13-6-12(18)16-11-4-2-10(3-5-11)7-17-9-14-8-15-17;;/h2-5,8-9,13H,6-7H2,1H3,(H,16,18);2*1H. The van der Waals surface area contributed by atoms with E-state index in [0.29, 0.717) is 13.1 Å². The maximum atomic E-state index is 11.4. The van der Waals surface area contributed by atoms with E-state index in [2.05, 4.69) is 20.7 Å². The third-order valence-corrected chi connectivity index (χ3v) is 2.39. The summed E-state index contributed by atoms with van der Waals surface area (Å²) in [7, 11) is 1.74.